The first-order valence-electron chi connectivity index (χ1n) is 10.9. The first-order valence-corrected chi connectivity index (χ1v) is 13.6. The van der Waals surface area contributed by atoms with E-state index in [1.165, 1.54) is 17.4 Å². The van der Waals surface area contributed by atoms with Crippen molar-refractivity contribution in [1.29, 1.82) is 0 Å². The first kappa shape index (κ1) is 21.5. The van der Waals surface area contributed by atoms with Gasteiger partial charge in [0, 0.05) is 36.3 Å². The zero-order chi connectivity index (χ0) is 22.8. The highest BCUT2D eigenvalue weighted by Gasteiger charge is 2.29. The molecule has 0 radical (unpaired) electrons. The van der Waals surface area contributed by atoms with Crippen molar-refractivity contribution in [3.8, 4) is 11.3 Å². The molecule has 0 atom stereocenters. The summed E-state index contributed by atoms with van der Waals surface area (Å²) in [5.41, 5.74) is 7.68. The predicted octanol–water partition coefficient (Wildman–Crippen LogP) is 4.21. The molecule has 0 aromatic carbocycles. The maximum Gasteiger partial charge on any atom is 0.211 e. The van der Waals surface area contributed by atoms with E-state index < -0.39 is 10.0 Å². The molecule has 0 unspecified atom stereocenters. The average molecular weight is 473 g/mol. The third-order valence-corrected chi connectivity index (χ3v) is 9.09. The van der Waals surface area contributed by atoms with Crippen molar-refractivity contribution >= 4 is 37.4 Å². The Labute approximate surface area is 191 Å². The van der Waals surface area contributed by atoms with Gasteiger partial charge in [-0.3, -0.25) is 0 Å². The molecule has 0 spiro atoms. The van der Waals surface area contributed by atoms with E-state index in [1.807, 2.05) is 10.7 Å². The highest BCUT2D eigenvalue weighted by Crippen LogP contribution is 2.42. The number of nitrogens with one attached hydrogen (secondary N) is 1. The summed E-state index contributed by atoms with van der Waals surface area (Å²) in [5.74, 6) is 0.602. The van der Waals surface area contributed by atoms with E-state index in [0.29, 0.717) is 24.9 Å². The topological polar surface area (TPSA) is 96.2 Å². The van der Waals surface area contributed by atoms with Crippen LogP contribution in [0.15, 0.2) is 12.5 Å². The van der Waals surface area contributed by atoms with Crippen LogP contribution in [-0.2, 0) is 10.0 Å². The summed E-state index contributed by atoms with van der Waals surface area (Å²) in [6.45, 7) is 9.75. The minimum absolute atomic E-state index is 0.298. The summed E-state index contributed by atoms with van der Waals surface area (Å²) in [4.78, 5) is 14.2. The van der Waals surface area contributed by atoms with E-state index in [2.05, 4.69) is 42.8 Å². The highest BCUT2D eigenvalue weighted by molar-refractivity contribution is 7.88. The van der Waals surface area contributed by atoms with Crippen LogP contribution in [0.25, 0.3) is 27.3 Å². The number of aromatic nitrogens is 5. The van der Waals surface area contributed by atoms with E-state index >= 15 is 0 Å². The standard InChI is InChI=1S/C22H28N6O2S2/c1-12(2)17-18(16-10-28-20(23-11-24-28)14(4)13(16)3)25-22-19(17)26-21(31-22)15-6-8-27(9-7-15)32(5,29)30/h10-12,15,25H,6-9H2,1-5H3. The van der Waals surface area contributed by atoms with E-state index in [9.17, 15) is 8.42 Å². The summed E-state index contributed by atoms with van der Waals surface area (Å²) in [5, 5.41) is 5.46. The van der Waals surface area contributed by atoms with Crippen LogP contribution in [0.3, 0.4) is 0 Å². The average Bonchev–Trinajstić information content (AvgIpc) is 3.43. The van der Waals surface area contributed by atoms with Gasteiger partial charge in [0.25, 0.3) is 0 Å². The number of rotatable bonds is 4. The number of pyridine rings is 1. The van der Waals surface area contributed by atoms with Gasteiger partial charge in [0.2, 0.25) is 10.0 Å². The maximum absolute atomic E-state index is 11.8. The quantitative estimate of drug-likeness (QED) is 0.480. The van der Waals surface area contributed by atoms with Gasteiger partial charge in [-0.15, -0.1) is 11.3 Å². The van der Waals surface area contributed by atoms with Gasteiger partial charge in [-0.2, -0.15) is 5.10 Å². The lowest BCUT2D eigenvalue weighted by molar-refractivity contribution is 0.321. The second-order valence-electron chi connectivity index (χ2n) is 9.06. The summed E-state index contributed by atoms with van der Waals surface area (Å²) in [6, 6.07) is 0. The number of piperidine rings is 1. The largest absolute Gasteiger partial charge is 0.345 e. The smallest absolute Gasteiger partial charge is 0.211 e. The molecule has 1 N–H and O–H groups in total. The molecule has 0 aliphatic carbocycles. The Morgan fingerprint density at radius 3 is 2.56 bits per heavy atom. The molecule has 10 heteroatoms. The van der Waals surface area contributed by atoms with Crippen molar-refractivity contribution in [3.05, 3.63) is 34.2 Å². The van der Waals surface area contributed by atoms with E-state index in [-0.39, 0.29) is 0 Å². The van der Waals surface area contributed by atoms with Crippen molar-refractivity contribution < 1.29 is 8.42 Å². The fraction of sp³-hybridized carbons (Fsp3) is 0.500. The molecule has 4 aromatic heterocycles. The number of H-pyrrole nitrogens is 1. The second-order valence-corrected chi connectivity index (χ2v) is 12.1. The lowest BCUT2D eigenvalue weighted by Crippen LogP contribution is -2.37. The van der Waals surface area contributed by atoms with Crippen LogP contribution in [0.4, 0.5) is 0 Å². The minimum Gasteiger partial charge on any atom is -0.345 e. The molecule has 32 heavy (non-hydrogen) atoms. The number of hydrogen-bond donors (Lipinski definition) is 1. The first-order chi connectivity index (χ1) is 15.1. The van der Waals surface area contributed by atoms with Crippen molar-refractivity contribution in [2.24, 2.45) is 0 Å². The molecule has 5 rings (SSSR count). The summed E-state index contributed by atoms with van der Waals surface area (Å²) < 4.78 is 27.1. The predicted molar refractivity (Wildman–Crippen MR) is 128 cm³/mol. The van der Waals surface area contributed by atoms with Crippen LogP contribution in [0.5, 0.6) is 0 Å². The van der Waals surface area contributed by atoms with Crippen molar-refractivity contribution in [1.82, 2.24) is 28.9 Å². The van der Waals surface area contributed by atoms with Gasteiger partial charge in [0.15, 0.2) is 5.65 Å². The van der Waals surface area contributed by atoms with Gasteiger partial charge in [-0.25, -0.2) is 27.2 Å². The maximum atomic E-state index is 11.8. The monoisotopic (exact) mass is 472 g/mol. The summed E-state index contributed by atoms with van der Waals surface area (Å²) >= 11 is 1.71. The lowest BCUT2D eigenvalue weighted by atomic mass is 9.95. The van der Waals surface area contributed by atoms with Crippen LogP contribution < -0.4 is 0 Å². The zero-order valence-corrected chi connectivity index (χ0v) is 20.6. The molecule has 0 amide bonds. The molecular weight excluding hydrogens is 444 g/mol. The Bertz CT molecular complexity index is 1420. The third-order valence-electron chi connectivity index (χ3n) is 6.65. The number of hydrogen-bond acceptors (Lipinski definition) is 6. The molecule has 0 bridgehead atoms. The Morgan fingerprint density at radius 2 is 1.91 bits per heavy atom. The molecule has 170 valence electrons. The number of sulfonamides is 1. The third kappa shape index (κ3) is 3.45. The van der Waals surface area contributed by atoms with Gasteiger partial charge in [0.05, 0.1) is 17.0 Å². The van der Waals surface area contributed by atoms with Crippen LogP contribution in [-0.4, -0.2) is 56.6 Å². The van der Waals surface area contributed by atoms with Crippen LogP contribution in [0.2, 0.25) is 0 Å². The number of aryl methyl sites for hydroxylation is 1. The molecule has 8 nitrogen and oxygen atoms in total. The highest BCUT2D eigenvalue weighted by atomic mass is 32.2. The molecule has 1 aliphatic heterocycles. The fourth-order valence-corrected chi connectivity index (χ4v) is 6.77. The normalized spacial score (nSPS) is 16.7. The molecule has 1 fully saturated rings. The molecule has 5 heterocycles. The molecule has 1 saturated heterocycles. The van der Waals surface area contributed by atoms with E-state index in [1.54, 1.807) is 22.0 Å². The Morgan fingerprint density at radius 1 is 1.19 bits per heavy atom. The molecular formula is C22H28N6O2S2. The molecule has 1 aliphatic rings. The fourth-order valence-electron chi connectivity index (χ4n) is 4.74. The number of nitrogens with zero attached hydrogens (tertiary/aromatic N) is 5. The minimum atomic E-state index is -3.12. The van der Waals surface area contributed by atoms with Gasteiger partial charge >= 0.3 is 0 Å². The van der Waals surface area contributed by atoms with Crippen molar-refractivity contribution in [2.45, 2.75) is 52.4 Å². The summed E-state index contributed by atoms with van der Waals surface area (Å²) in [6.07, 6.45) is 6.55. The van der Waals surface area contributed by atoms with Gasteiger partial charge in [-0.05, 0) is 43.7 Å². The van der Waals surface area contributed by atoms with Crippen LogP contribution in [0.1, 0.15) is 60.2 Å². The molecule has 0 saturated carbocycles. The van der Waals surface area contributed by atoms with Gasteiger partial charge in [0.1, 0.15) is 16.7 Å². The SMILES string of the molecule is Cc1c(-c2[nH]c3sc(C4CCN(S(C)(=O)=O)CC4)nc3c2C(C)C)cn2ncnc2c1C. The van der Waals surface area contributed by atoms with Crippen molar-refractivity contribution in [3.63, 3.8) is 0 Å². The van der Waals surface area contributed by atoms with Gasteiger partial charge < -0.3 is 4.98 Å². The second kappa shape index (κ2) is 7.64. The van der Waals surface area contributed by atoms with E-state index in [4.69, 9.17) is 4.98 Å². The lowest BCUT2D eigenvalue weighted by Gasteiger charge is -2.29. The van der Waals surface area contributed by atoms with Crippen LogP contribution in [0, 0.1) is 13.8 Å². The van der Waals surface area contributed by atoms with E-state index in [0.717, 1.165) is 50.7 Å². The number of fused-ring (bicyclic) bond motifs is 2. The summed E-state index contributed by atoms with van der Waals surface area (Å²) in [7, 11) is -3.12. The van der Waals surface area contributed by atoms with Crippen molar-refractivity contribution in [2.75, 3.05) is 19.3 Å². The Balaban J connectivity index is 1.55. The van der Waals surface area contributed by atoms with Gasteiger partial charge in [-0.1, -0.05) is 13.8 Å². The number of thiazole rings is 1. The number of aromatic amines is 1. The Hall–Kier alpha value is -2.30. The van der Waals surface area contributed by atoms with Crippen LogP contribution >= 0.6 is 11.3 Å². The Kier molecular flexibility index (Phi) is 5.14. The zero-order valence-electron chi connectivity index (χ0n) is 19.0. The molecule has 4 aromatic rings.